The Morgan fingerprint density at radius 3 is 2.47 bits per heavy atom. The van der Waals surface area contributed by atoms with Gasteiger partial charge in [0.25, 0.3) is 0 Å². The third-order valence-electron chi connectivity index (χ3n) is 1.90. The number of primary sulfonamides is 1. The zero-order valence-electron chi connectivity index (χ0n) is 8.66. The minimum Gasteiger partial charge on any atom is -0.285 e. The Bertz CT molecular complexity index is 410. The molecule has 0 aromatic rings. The van der Waals surface area contributed by atoms with Crippen molar-refractivity contribution in [1.82, 2.24) is 5.01 Å². The molecule has 0 spiro atoms. The van der Waals surface area contributed by atoms with Gasteiger partial charge in [0.05, 0.1) is 0 Å². The molecule has 1 unspecified atom stereocenters. The van der Waals surface area contributed by atoms with E-state index >= 15 is 0 Å². The van der Waals surface area contributed by atoms with Gasteiger partial charge in [-0.05, 0) is 6.08 Å². The lowest BCUT2D eigenvalue weighted by molar-refractivity contribution is 0.383. The van der Waals surface area contributed by atoms with Crippen LogP contribution in [-0.2, 0) is 10.0 Å². The van der Waals surface area contributed by atoms with Crippen LogP contribution in [0.1, 0.15) is 6.42 Å². The number of rotatable bonds is 3. The van der Waals surface area contributed by atoms with Crippen molar-refractivity contribution in [2.45, 2.75) is 11.3 Å². The molecule has 1 aliphatic rings. The Hall–Kier alpha value is -1.21. The molecule has 0 heterocycles. The van der Waals surface area contributed by atoms with E-state index in [2.05, 4.69) is 10.3 Å². The molecular formula is C8H14N4O2S. The monoisotopic (exact) mass is 230 g/mol. The summed E-state index contributed by atoms with van der Waals surface area (Å²) < 4.78 is 22.9. The minimum atomic E-state index is -3.81. The van der Waals surface area contributed by atoms with Gasteiger partial charge in [-0.2, -0.15) is 0 Å². The van der Waals surface area contributed by atoms with Crippen molar-refractivity contribution in [1.29, 1.82) is 0 Å². The minimum absolute atomic E-state index is 0.208. The lowest BCUT2D eigenvalue weighted by Gasteiger charge is -2.23. The summed E-state index contributed by atoms with van der Waals surface area (Å²) in [6.45, 7) is 0. The van der Waals surface area contributed by atoms with E-state index < -0.39 is 14.9 Å². The molecule has 7 heteroatoms. The van der Waals surface area contributed by atoms with Crippen molar-refractivity contribution >= 4 is 10.0 Å². The molecule has 0 amide bonds. The zero-order chi connectivity index (χ0) is 11.5. The average Bonchev–Trinajstić information content (AvgIpc) is 2.14. The second kappa shape index (κ2) is 4.11. The lowest BCUT2D eigenvalue weighted by atomic mass is 10.1. The molecule has 0 aromatic carbocycles. The van der Waals surface area contributed by atoms with E-state index in [1.807, 2.05) is 0 Å². The van der Waals surface area contributed by atoms with E-state index in [-0.39, 0.29) is 6.42 Å². The second-order valence-corrected chi connectivity index (χ2v) is 5.21. The van der Waals surface area contributed by atoms with Crippen LogP contribution in [0.3, 0.4) is 0 Å². The summed E-state index contributed by atoms with van der Waals surface area (Å²) in [4.78, 5) is -1.45. The molecule has 0 aliphatic heterocycles. The molecule has 2 N–H and O–H groups in total. The van der Waals surface area contributed by atoms with Crippen LogP contribution in [0.25, 0.3) is 0 Å². The smallest absolute Gasteiger partial charge is 0.241 e. The predicted octanol–water partition coefficient (Wildman–Crippen LogP) is 0.416. The molecule has 0 saturated heterocycles. The molecule has 6 nitrogen and oxygen atoms in total. The third-order valence-corrected chi connectivity index (χ3v) is 3.27. The second-order valence-electron chi connectivity index (χ2n) is 3.42. The molecule has 0 bridgehead atoms. The normalized spacial score (nSPS) is 26.1. The summed E-state index contributed by atoms with van der Waals surface area (Å²) >= 11 is 0. The van der Waals surface area contributed by atoms with Gasteiger partial charge in [0.2, 0.25) is 14.9 Å². The zero-order valence-corrected chi connectivity index (χ0v) is 9.48. The summed E-state index contributed by atoms with van der Waals surface area (Å²) in [6.07, 6.45) is 6.69. The van der Waals surface area contributed by atoms with Crippen LogP contribution in [0.4, 0.5) is 0 Å². The maximum absolute atomic E-state index is 11.4. The molecule has 0 radical (unpaired) electrons. The highest BCUT2D eigenvalue weighted by Gasteiger charge is 2.39. The lowest BCUT2D eigenvalue weighted by Crippen LogP contribution is -2.40. The number of allylic oxidation sites excluding steroid dienone is 2. The Morgan fingerprint density at radius 2 is 2.07 bits per heavy atom. The van der Waals surface area contributed by atoms with E-state index in [9.17, 15) is 8.42 Å². The molecule has 0 aromatic heterocycles. The molecule has 1 rings (SSSR count). The molecule has 1 aliphatic carbocycles. The fraction of sp³-hybridized carbons (Fsp3) is 0.500. The summed E-state index contributed by atoms with van der Waals surface area (Å²) in [7, 11) is -0.497. The number of hydrogen-bond donors (Lipinski definition) is 1. The molecule has 1 atom stereocenters. The van der Waals surface area contributed by atoms with Crippen molar-refractivity contribution in [2.24, 2.45) is 15.5 Å². The van der Waals surface area contributed by atoms with Gasteiger partial charge in [0.1, 0.15) is 0 Å². The fourth-order valence-corrected chi connectivity index (χ4v) is 1.84. The van der Waals surface area contributed by atoms with Crippen molar-refractivity contribution < 1.29 is 8.42 Å². The van der Waals surface area contributed by atoms with E-state index in [0.29, 0.717) is 0 Å². The first kappa shape index (κ1) is 11.9. The summed E-state index contributed by atoms with van der Waals surface area (Å²) in [5.74, 6) is 0. The first-order valence-corrected chi connectivity index (χ1v) is 5.89. The SMILES string of the molecule is CN(C)N=NC1(S(N)(=O)=O)C=CC=CC1. The van der Waals surface area contributed by atoms with E-state index in [1.54, 1.807) is 32.3 Å². The van der Waals surface area contributed by atoms with Crippen molar-refractivity contribution in [3.05, 3.63) is 24.3 Å². The third kappa shape index (κ3) is 2.63. The highest BCUT2D eigenvalue weighted by atomic mass is 32.2. The van der Waals surface area contributed by atoms with Gasteiger partial charge < -0.3 is 0 Å². The molecule has 0 fully saturated rings. The van der Waals surface area contributed by atoms with Gasteiger partial charge >= 0.3 is 0 Å². The van der Waals surface area contributed by atoms with Crippen LogP contribution in [0, 0.1) is 0 Å². The number of sulfonamides is 1. The Kier molecular flexibility index (Phi) is 3.25. The highest BCUT2D eigenvalue weighted by molar-refractivity contribution is 7.90. The van der Waals surface area contributed by atoms with Gasteiger partial charge in [0, 0.05) is 20.5 Å². The van der Waals surface area contributed by atoms with Crippen LogP contribution in [0.2, 0.25) is 0 Å². The molecule has 0 saturated carbocycles. The maximum atomic E-state index is 11.4. The van der Waals surface area contributed by atoms with Crippen LogP contribution in [0.5, 0.6) is 0 Å². The van der Waals surface area contributed by atoms with Crippen molar-refractivity contribution in [3.8, 4) is 0 Å². The first-order valence-electron chi connectivity index (χ1n) is 4.34. The van der Waals surface area contributed by atoms with Crippen LogP contribution in [0.15, 0.2) is 34.6 Å². The van der Waals surface area contributed by atoms with E-state index in [4.69, 9.17) is 5.14 Å². The highest BCUT2D eigenvalue weighted by Crippen LogP contribution is 2.27. The fourth-order valence-electron chi connectivity index (χ4n) is 1.10. The Balaban J connectivity index is 3.10. The topological polar surface area (TPSA) is 88.1 Å². The molecule has 84 valence electrons. The standard InChI is InChI=1S/C8H14N4O2S/c1-12(2)11-10-8(15(9,13)14)6-4-3-5-7-8/h3-6H,7H2,1-2H3,(H2,9,13,14). The van der Waals surface area contributed by atoms with Gasteiger partial charge in [-0.25, -0.2) is 13.6 Å². The van der Waals surface area contributed by atoms with Crippen LogP contribution in [-0.4, -0.2) is 32.4 Å². The van der Waals surface area contributed by atoms with Crippen molar-refractivity contribution in [2.75, 3.05) is 14.1 Å². The van der Waals surface area contributed by atoms with Crippen LogP contribution < -0.4 is 5.14 Å². The van der Waals surface area contributed by atoms with E-state index in [0.717, 1.165) is 0 Å². The first-order chi connectivity index (χ1) is 6.87. The summed E-state index contributed by atoms with van der Waals surface area (Å²) in [5, 5.41) is 14.0. The Labute approximate surface area is 89.2 Å². The molecule has 15 heavy (non-hydrogen) atoms. The van der Waals surface area contributed by atoms with Crippen molar-refractivity contribution in [3.63, 3.8) is 0 Å². The van der Waals surface area contributed by atoms with Gasteiger partial charge in [0.15, 0.2) is 0 Å². The largest absolute Gasteiger partial charge is 0.285 e. The summed E-state index contributed by atoms with van der Waals surface area (Å²) in [6, 6.07) is 0. The summed E-state index contributed by atoms with van der Waals surface area (Å²) in [5.41, 5.74) is 0. The van der Waals surface area contributed by atoms with Crippen LogP contribution >= 0.6 is 0 Å². The van der Waals surface area contributed by atoms with Gasteiger partial charge in [-0.3, -0.25) is 5.01 Å². The molecular weight excluding hydrogens is 216 g/mol. The number of nitrogens with two attached hydrogens (primary N) is 1. The average molecular weight is 230 g/mol. The predicted molar refractivity (Wildman–Crippen MR) is 57.3 cm³/mol. The number of nitrogens with zero attached hydrogens (tertiary/aromatic N) is 3. The maximum Gasteiger partial charge on any atom is 0.241 e. The quantitative estimate of drug-likeness (QED) is 0.562. The number of hydrogen-bond acceptors (Lipinski definition) is 4. The van der Waals surface area contributed by atoms with Gasteiger partial charge in [-0.1, -0.05) is 23.5 Å². The van der Waals surface area contributed by atoms with Gasteiger partial charge in [-0.15, -0.1) is 5.11 Å². The Morgan fingerprint density at radius 1 is 1.40 bits per heavy atom. The van der Waals surface area contributed by atoms with E-state index in [1.165, 1.54) is 11.1 Å².